The molecule has 4 heteroatoms. The first-order chi connectivity index (χ1) is 9.70. The Balaban J connectivity index is 1.91. The quantitative estimate of drug-likeness (QED) is 0.867. The third-order valence-corrected chi connectivity index (χ3v) is 3.92. The Kier molecular flexibility index (Phi) is 5.80. The maximum absolute atomic E-state index is 5.78. The third-order valence-electron chi connectivity index (χ3n) is 3.92. The van der Waals surface area contributed by atoms with Gasteiger partial charge >= 0.3 is 0 Å². The standard InChI is InChI=1S/C16H27N3O/c1-4-17-13(2)14-8-9-16(18-11-14)19(3)12-15-7-5-6-10-20-15/h8-9,11,13,15,17H,4-7,10,12H2,1-3H3. The van der Waals surface area contributed by atoms with Crippen molar-refractivity contribution in [3.05, 3.63) is 23.9 Å². The van der Waals surface area contributed by atoms with Crippen molar-refractivity contribution in [3.8, 4) is 0 Å². The highest BCUT2D eigenvalue weighted by Gasteiger charge is 2.16. The Labute approximate surface area is 122 Å². The molecule has 4 nitrogen and oxygen atoms in total. The molecule has 0 aliphatic carbocycles. The van der Waals surface area contributed by atoms with Gasteiger partial charge in [0.15, 0.2) is 0 Å². The molecule has 2 heterocycles. The van der Waals surface area contributed by atoms with E-state index in [1.807, 2.05) is 6.20 Å². The lowest BCUT2D eigenvalue weighted by Gasteiger charge is -2.28. The molecule has 1 N–H and O–H groups in total. The average molecular weight is 277 g/mol. The average Bonchev–Trinajstić information content (AvgIpc) is 2.48. The zero-order valence-electron chi connectivity index (χ0n) is 12.9. The molecule has 1 aliphatic heterocycles. The van der Waals surface area contributed by atoms with Gasteiger partial charge < -0.3 is 15.0 Å². The van der Waals surface area contributed by atoms with Crippen LogP contribution in [0, 0.1) is 0 Å². The fourth-order valence-corrected chi connectivity index (χ4v) is 2.65. The van der Waals surface area contributed by atoms with E-state index < -0.39 is 0 Å². The van der Waals surface area contributed by atoms with Gasteiger partial charge in [0.1, 0.15) is 5.82 Å². The van der Waals surface area contributed by atoms with Crippen LogP contribution in [0.15, 0.2) is 18.3 Å². The molecule has 0 spiro atoms. The van der Waals surface area contributed by atoms with Crippen LogP contribution >= 0.6 is 0 Å². The van der Waals surface area contributed by atoms with E-state index in [4.69, 9.17) is 4.74 Å². The summed E-state index contributed by atoms with van der Waals surface area (Å²) in [6, 6.07) is 4.62. The van der Waals surface area contributed by atoms with Gasteiger partial charge in [-0.25, -0.2) is 4.98 Å². The number of anilines is 1. The summed E-state index contributed by atoms with van der Waals surface area (Å²) in [6.45, 7) is 7.10. The van der Waals surface area contributed by atoms with E-state index in [2.05, 4.69) is 48.2 Å². The second-order valence-electron chi connectivity index (χ2n) is 5.60. The van der Waals surface area contributed by atoms with Gasteiger partial charge in [-0.1, -0.05) is 13.0 Å². The molecule has 112 valence electrons. The largest absolute Gasteiger partial charge is 0.376 e. The van der Waals surface area contributed by atoms with E-state index in [-0.39, 0.29) is 0 Å². The highest BCUT2D eigenvalue weighted by Crippen LogP contribution is 2.18. The second-order valence-corrected chi connectivity index (χ2v) is 5.60. The summed E-state index contributed by atoms with van der Waals surface area (Å²) in [7, 11) is 2.09. The van der Waals surface area contributed by atoms with Crippen LogP contribution in [0.1, 0.15) is 44.7 Å². The van der Waals surface area contributed by atoms with Gasteiger partial charge in [-0.3, -0.25) is 0 Å². The Hall–Kier alpha value is -1.13. The Bertz CT molecular complexity index is 387. The topological polar surface area (TPSA) is 37.4 Å². The van der Waals surface area contributed by atoms with E-state index in [9.17, 15) is 0 Å². The zero-order chi connectivity index (χ0) is 14.4. The number of hydrogen-bond donors (Lipinski definition) is 1. The normalized spacial score (nSPS) is 20.6. The monoisotopic (exact) mass is 277 g/mol. The summed E-state index contributed by atoms with van der Waals surface area (Å²) in [5, 5.41) is 3.40. The molecule has 2 rings (SSSR count). The Morgan fingerprint density at radius 3 is 2.90 bits per heavy atom. The molecular formula is C16H27N3O. The molecular weight excluding hydrogens is 250 g/mol. The molecule has 20 heavy (non-hydrogen) atoms. The molecule has 1 aliphatic rings. The van der Waals surface area contributed by atoms with Crippen LogP contribution in [0.3, 0.4) is 0 Å². The zero-order valence-corrected chi connectivity index (χ0v) is 12.9. The summed E-state index contributed by atoms with van der Waals surface area (Å²) >= 11 is 0. The van der Waals surface area contributed by atoms with Crippen LogP contribution in [0.5, 0.6) is 0 Å². The van der Waals surface area contributed by atoms with E-state index in [0.717, 1.165) is 25.5 Å². The number of pyridine rings is 1. The molecule has 0 bridgehead atoms. The number of nitrogens with one attached hydrogen (secondary N) is 1. The number of nitrogens with zero attached hydrogens (tertiary/aromatic N) is 2. The SMILES string of the molecule is CCNC(C)c1ccc(N(C)CC2CCCCO2)nc1. The summed E-state index contributed by atoms with van der Waals surface area (Å²) in [4.78, 5) is 6.77. The highest BCUT2D eigenvalue weighted by atomic mass is 16.5. The number of hydrogen-bond acceptors (Lipinski definition) is 4. The minimum atomic E-state index is 0.355. The minimum absolute atomic E-state index is 0.355. The lowest BCUT2D eigenvalue weighted by molar-refractivity contribution is 0.0215. The van der Waals surface area contributed by atoms with Crippen LogP contribution in [-0.2, 0) is 4.74 Å². The van der Waals surface area contributed by atoms with Crippen LogP contribution in [0.4, 0.5) is 5.82 Å². The molecule has 1 fully saturated rings. The summed E-state index contributed by atoms with van der Waals surface area (Å²) in [6.07, 6.45) is 5.98. The van der Waals surface area contributed by atoms with Gasteiger partial charge in [-0.15, -0.1) is 0 Å². The van der Waals surface area contributed by atoms with Gasteiger partial charge in [-0.2, -0.15) is 0 Å². The Morgan fingerprint density at radius 1 is 1.45 bits per heavy atom. The molecule has 0 radical (unpaired) electrons. The lowest BCUT2D eigenvalue weighted by atomic mass is 10.1. The number of rotatable bonds is 6. The van der Waals surface area contributed by atoms with Crippen molar-refractivity contribution in [2.45, 2.75) is 45.3 Å². The van der Waals surface area contributed by atoms with E-state index in [1.54, 1.807) is 0 Å². The van der Waals surface area contributed by atoms with Gasteiger partial charge in [0.2, 0.25) is 0 Å². The van der Waals surface area contributed by atoms with Gasteiger partial charge in [0, 0.05) is 32.4 Å². The first-order valence-corrected chi connectivity index (χ1v) is 7.72. The second kappa shape index (κ2) is 7.60. The van der Waals surface area contributed by atoms with Crippen molar-refractivity contribution >= 4 is 5.82 Å². The maximum Gasteiger partial charge on any atom is 0.128 e. The molecule has 1 aromatic rings. The van der Waals surface area contributed by atoms with Gasteiger partial charge in [0.05, 0.1) is 6.10 Å². The predicted octanol–water partition coefficient (Wildman–Crippen LogP) is 2.76. The van der Waals surface area contributed by atoms with E-state index in [1.165, 1.54) is 24.8 Å². The minimum Gasteiger partial charge on any atom is -0.376 e. The first kappa shape index (κ1) is 15.3. The molecule has 0 saturated carbocycles. The molecule has 0 aromatic carbocycles. The molecule has 1 saturated heterocycles. The highest BCUT2D eigenvalue weighted by molar-refractivity contribution is 5.39. The third kappa shape index (κ3) is 4.18. The van der Waals surface area contributed by atoms with Crippen molar-refractivity contribution in [3.63, 3.8) is 0 Å². The van der Waals surface area contributed by atoms with Crippen LogP contribution in [0.2, 0.25) is 0 Å². The van der Waals surface area contributed by atoms with Crippen LogP contribution in [-0.4, -0.2) is 37.8 Å². The van der Waals surface area contributed by atoms with Gasteiger partial charge in [-0.05, 0) is 44.4 Å². The molecule has 2 atom stereocenters. The summed E-state index contributed by atoms with van der Waals surface area (Å²) in [5.74, 6) is 1.02. The van der Waals surface area contributed by atoms with Crippen molar-refractivity contribution < 1.29 is 4.74 Å². The summed E-state index contributed by atoms with van der Waals surface area (Å²) < 4.78 is 5.78. The van der Waals surface area contributed by atoms with Crippen molar-refractivity contribution in [1.29, 1.82) is 0 Å². The Morgan fingerprint density at radius 2 is 2.30 bits per heavy atom. The van der Waals surface area contributed by atoms with E-state index in [0.29, 0.717) is 12.1 Å². The van der Waals surface area contributed by atoms with E-state index >= 15 is 0 Å². The van der Waals surface area contributed by atoms with Crippen LogP contribution < -0.4 is 10.2 Å². The molecule has 0 amide bonds. The smallest absolute Gasteiger partial charge is 0.128 e. The summed E-state index contributed by atoms with van der Waals surface area (Å²) in [5.41, 5.74) is 1.23. The molecule has 2 unspecified atom stereocenters. The van der Waals surface area contributed by atoms with Gasteiger partial charge in [0.25, 0.3) is 0 Å². The van der Waals surface area contributed by atoms with Crippen molar-refractivity contribution in [1.82, 2.24) is 10.3 Å². The fraction of sp³-hybridized carbons (Fsp3) is 0.688. The fourth-order valence-electron chi connectivity index (χ4n) is 2.65. The number of aromatic nitrogens is 1. The number of ether oxygens (including phenoxy) is 1. The van der Waals surface area contributed by atoms with Crippen LogP contribution in [0.25, 0.3) is 0 Å². The maximum atomic E-state index is 5.78. The lowest BCUT2D eigenvalue weighted by Crippen LogP contribution is -2.33. The van der Waals surface area contributed by atoms with Crippen molar-refractivity contribution in [2.75, 3.05) is 31.6 Å². The predicted molar refractivity (Wildman–Crippen MR) is 83.2 cm³/mol. The first-order valence-electron chi connectivity index (χ1n) is 7.72. The molecule has 1 aromatic heterocycles. The van der Waals surface area contributed by atoms with Crippen molar-refractivity contribution in [2.24, 2.45) is 0 Å². The number of likely N-dealkylation sites (N-methyl/N-ethyl adjacent to an activating group) is 1.